The van der Waals surface area contributed by atoms with E-state index in [2.05, 4.69) is 0 Å². The fourth-order valence-corrected chi connectivity index (χ4v) is 2.21. The summed E-state index contributed by atoms with van der Waals surface area (Å²) in [5.74, 6) is -1.41. The standard InChI is InChI=1S/C13H17FN2O3/c14-9-1-2-12(16-3-5-19-6-4-16)10(7-9)11(15)8-13(17)18/h1-2,7,11H,3-6,8,15H2,(H,17,18). The number of carboxylic acids is 1. The smallest absolute Gasteiger partial charge is 0.305 e. The third kappa shape index (κ3) is 3.42. The Morgan fingerprint density at radius 2 is 2.16 bits per heavy atom. The van der Waals surface area contributed by atoms with Crippen molar-refractivity contribution in [3.05, 3.63) is 29.6 Å². The number of aliphatic carboxylic acids is 1. The number of rotatable bonds is 4. The van der Waals surface area contributed by atoms with Gasteiger partial charge < -0.3 is 20.5 Å². The number of anilines is 1. The fourth-order valence-electron chi connectivity index (χ4n) is 2.21. The maximum atomic E-state index is 13.4. The highest BCUT2D eigenvalue weighted by Crippen LogP contribution is 2.28. The molecule has 0 saturated carbocycles. The van der Waals surface area contributed by atoms with Gasteiger partial charge in [0.25, 0.3) is 0 Å². The molecule has 0 spiro atoms. The van der Waals surface area contributed by atoms with E-state index in [9.17, 15) is 9.18 Å². The molecule has 1 aliphatic rings. The molecule has 104 valence electrons. The molecular formula is C13H17FN2O3. The number of carbonyl (C=O) groups is 1. The van der Waals surface area contributed by atoms with Crippen molar-refractivity contribution in [2.75, 3.05) is 31.2 Å². The van der Waals surface area contributed by atoms with E-state index >= 15 is 0 Å². The van der Waals surface area contributed by atoms with Crippen molar-refractivity contribution < 1.29 is 19.0 Å². The molecule has 1 aliphatic heterocycles. The van der Waals surface area contributed by atoms with Gasteiger partial charge in [-0.2, -0.15) is 0 Å². The molecule has 1 heterocycles. The largest absolute Gasteiger partial charge is 0.481 e. The van der Waals surface area contributed by atoms with Crippen molar-refractivity contribution in [3.63, 3.8) is 0 Å². The van der Waals surface area contributed by atoms with E-state index in [0.717, 1.165) is 5.69 Å². The quantitative estimate of drug-likeness (QED) is 0.856. The van der Waals surface area contributed by atoms with Gasteiger partial charge in [0.1, 0.15) is 5.82 Å². The van der Waals surface area contributed by atoms with Crippen molar-refractivity contribution in [1.29, 1.82) is 0 Å². The lowest BCUT2D eigenvalue weighted by atomic mass is 10.0. The highest BCUT2D eigenvalue weighted by Gasteiger charge is 2.20. The van der Waals surface area contributed by atoms with Gasteiger partial charge in [0, 0.05) is 24.8 Å². The third-order valence-electron chi connectivity index (χ3n) is 3.14. The number of nitrogens with two attached hydrogens (primary N) is 1. The molecule has 2 rings (SSSR count). The number of hydrogen-bond acceptors (Lipinski definition) is 4. The number of ether oxygens (including phenoxy) is 1. The van der Waals surface area contributed by atoms with E-state index < -0.39 is 17.8 Å². The number of nitrogens with zero attached hydrogens (tertiary/aromatic N) is 1. The summed E-state index contributed by atoms with van der Waals surface area (Å²) >= 11 is 0. The van der Waals surface area contributed by atoms with Gasteiger partial charge in [-0.15, -0.1) is 0 Å². The van der Waals surface area contributed by atoms with Crippen LogP contribution in [0.15, 0.2) is 18.2 Å². The van der Waals surface area contributed by atoms with Gasteiger partial charge in [-0.1, -0.05) is 0 Å². The average molecular weight is 268 g/mol. The second kappa shape index (κ2) is 5.99. The summed E-state index contributed by atoms with van der Waals surface area (Å²) in [5.41, 5.74) is 7.19. The lowest BCUT2D eigenvalue weighted by Gasteiger charge is -2.31. The molecule has 0 bridgehead atoms. The van der Waals surface area contributed by atoms with Crippen molar-refractivity contribution in [2.24, 2.45) is 5.73 Å². The van der Waals surface area contributed by atoms with Gasteiger partial charge in [0.15, 0.2) is 0 Å². The van der Waals surface area contributed by atoms with E-state index in [0.29, 0.717) is 31.9 Å². The molecule has 19 heavy (non-hydrogen) atoms. The summed E-state index contributed by atoms with van der Waals surface area (Å²) in [6.45, 7) is 2.59. The molecule has 6 heteroatoms. The summed E-state index contributed by atoms with van der Waals surface area (Å²) < 4.78 is 18.6. The van der Waals surface area contributed by atoms with Crippen molar-refractivity contribution in [3.8, 4) is 0 Å². The monoisotopic (exact) mass is 268 g/mol. The molecule has 1 saturated heterocycles. The molecule has 5 nitrogen and oxygen atoms in total. The van der Waals surface area contributed by atoms with Crippen LogP contribution in [0.3, 0.4) is 0 Å². The van der Waals surface area contributed by atoms with Crippen LogP contribution in [-0.4, -0.2) is 37.4 Å². The van der Waals surface area contributed by atoms with Crippen LogP contribution in [0, 0.1) is 5.82 Å². The number of halogens is 1. The van der Waals surface area contributed by atoms with Crippen LogP contribution in [0.1, 0.15) is 18.0 Å². The lowest BCUT2D eigenvalue weighted by Crippen LogP contribution is -2.37. The van der Waals surface area contributed by atoms with Crippen molar-refractivity contribution in [2.45, 2.75) is 12.5 Å². The molecule has 1 fully saturated rings. The molecule has 0 radical (unpaired) electrons. The Morgan fingerprint density at radius 1 is 1.47 bits per heavy atom. The van der Waals surface area contributed by atoms with Crippen LogP contribution in [0.2, 0.25) is 0 Å². The van der Waals surface area contributed by atoms with E-state index in [4.69, 9.17) is 15.6 Å². The lowest BCUT2D eigenvalue weighted by molar-refractivity contribution is -0.137. The first-order valence-corrected chi connectivity index (χ1v) is 6.17. The zero-order chi connectivity index (χ0) is 13.8. The predicted octanol–water partition coefficient (Wildman–Crippen LogP) is 1.14. The molecule has 1 aromatic rings. The molecular weight excluding hydrogens is 251 g/mol. The van der Waals surface area contributed by atoms with Crippen LogP contribution in [0.5, 0.6) is 0 Å². The number of carboxylic acid groups (broad SMARTS) is 1. The Bertz CT molecular complexity index is 461. The van der Waals surface area contributed by atoms with Crippen LogP contribution in [0.4, 0.5) is 10.1 Å². The highest BCUT2D eigenvalue weighted by atomic mass is 19.1. The molecule has 1 atom stereocenters. The second-order valence-electron chi connectivity index (χ2n) is 4.51. The number of benzene rings is 1. The van der Waals surface area contributed by atoms with Crippen molar-refractivity contribution >= 4 is 11.7 Å². The fraction of sp³-hybridized carbons (Fsp3) is 0.462. The highest BCUT2D eigenvalue weighted by molar-refractivity contribution is 5.69. The zero-order valence-corrected chi connectivity index (χ0v) is 10.5. The Morgan fingerprint density at radius 3 is 2.79 bits per heavy atom. The minimum Gasteiger partial charge on any atom is -0.481 e. The first kappa shape index (κ1) is 13.8. The molecule has 0 aliphatic carbocycles. The van der Waals surface area contributed by atoms with Gasteiger partial charge in [-0.25, -0.2) is 4.39 Å². The maximum absolute atomic E-state index is 13.4. The average Bonchev–Trinajstić information content (AvgIpc) is 2.39. The Hall–Kier alpha value is -1.66. The van der Waals surface area contributed by atoms with E-state index in [-0.39, 0.29) is 6.42 Å². The Balaban J connectivity index is 2.28. The Labute approximate surface area is 110 Å². The van der Waals surface area contributed by atoms with E-state index in [1.54, 1.807) is 6.07 Å². The molecule has 1 unspecified atom stereocenters. The normalized spacial score (nSPS) is 17.3. The summed E-state index contributed by atoms with van der Waals surface area (Å²) in [7, 11) is 0. The molecule has 3 N–H and O–H groups in total. The van der Waals surface area contributed by atoms with Gasteiger partial charge in [-0.3, -0.25) is 4.79 Å². The number of morpholine rings is 1. The summed E-state index contributed by atoms with van der Waals surface area (Å²) in [5, 5.41) is 8.81. The SMILES string of the molecule is NC(CC(=O)O)c1cc(F)ccc1N1CCOCC1. The molecule has 0 aromatic heterocycles. The predicted molar refractivity (Wildman–Crippen MR) is 68.6 cm³/mol. The first-order valence-electron chi connectivity index (χ1n) is 6.17. The second-order valence-corrected chi connectivity index (χ2v) is 4.51. The van der Waals surface area contributed by atoms with Gasteiger partial charge in [0.2, 0.25) is 0 Å². The van der Waals surface area contributed by atoms with E-state index in [1.165, 1.54) is 12.1 Å². The van der Waals surface area contributed by atoms with Crippen LogP contribution in [0.25, 0.3) is 0 Å². The summed E-state index contributed by atoms with van der Waals surface area (Å²) in [6, 6.07) is 3.61. The molecule has 1 aromatic carbocycles. The Kier molecular flexibility index (Phi) is 4.34. The minimum atomic E-state index is -0.996. The first-order chi connectivity index (χ1) is 9.08. The third-order valence-corrected chi connectivity index (χ3v) is 3.14. The van der Waals surface area contributed by atoms with Crippen LogP contribution >= 0.6 is 0 Å². The van der Waals surface area contributed by atoms with Gasteiger partial charge in [-0.05, 0) is 23.8 Å². The number of hydrogen-bond donors (Lipinski definition) is 2. The van der Waals surface area contributed by atoms with Crippen LogP contribution < -0.4 is 10.6 Å². The van der Waals surface area contributed by atoms with Gasteiger partial charge >= 0.3 is 5.97 Å². The molecule has 0 amide bonds. The summed E-state index contributed by atoms with van der Waals surface area (Å²) in [4.78, 5) is 12.8. The topological polar surface area (TPSA) is 75.8 Å². The van der Waals surface area contributed by atoms with Crippen LogP contribution in [-0.2, 0) is 9.53 Å². The van der Waals surface area contributed by atoms with Crippen molar-refractivity contribution in [1.82, 2.24) is 0 Å². The van der Waals surface area contributed by atoms with Gasteiger partial charge in [0.05, 0.1) is 19.6 Å². The summed E-state index contributed by atoms with van der Waals surface area (Å²) in [6.07, 6.45) is -0.221. The minimum absolute atomic E-state index is 0.221. The maximum Gasteiger partial charge on any atom is 0.305 e. The van der Waals surface area contributed by atoms with E-state index in [1.807, 2.05) is 4.90 Å². The zero-order valence-electron chi connectivity index (χ0n) is 10.5.